The Kier molecular flexibility index (Phi) is 4.02. The number of aromatic nitrogens is 1. The molecular weight excluding hydrogens is 240 g/mol. The van der Waals surface area contributed by atoms with Crippen molar-refractivity contribution in [3.05, 3.63) is 17.3 Å². The highest BCUT2D eigenvalue weighted by Crippen LogP contribution is 2.32. The van der Waals surface area contributed by atoms with Crippen LogP contribution in [0.4, 0.5) is 0 Å². The maximum Gasteiger partial charge on any atom is 0.199 e. The second kappa shape index (κ2) is 5.25. The summed E-state index contributed by atoms with van der Waals surface area (Å²) >= 11 is 0. The molecule has 1 aliphatic rings. The zero-order chi connectivity index (χ0) is 14.2. The van der Waals surface area contributed by atoms with Crippen molar-refractivity contribution in [3.8, 4) is 0 Å². The van der Waals surface area contributed by atoms with Gasteiger partial charge in [-0.15, -0.1) is 0 Å². The quantitative estimate of drug-likeness (QED) is 0.914. The topological polar surface area (TPSA) is 49.5 Å². The highest BCUT2D eigenvalue weighted by atomic mass is 16.4. The van der Waals surface area contributed by atoms with Crippen molar-refractivity contribution >= 4 is 0 Å². The minimum Gasteiger partial charge on any atom is -0.445 e. The Bertz CT molecular complexity index is 434. The van der Waals surface area contributed by atoms with Crippen molar-refractivity contribution in [2.24, 2.45) is 0 Å². The summed E-state index contributed by atoms with van der Waals surface area (Å²) in [5.41, 5.74) is -0.262. The molecule has 1 aromatic rings. The van der Waals surface area contributed by atoms with Gasteiger partial charge in [-0.25, -0.2) is 4.98 Å². The van der Waals surface area contributed by atoms with E-state index < -0.39 is 5.60 Å². The summed E-state index contributed by atoms with van der Waals surface area (Å²) in [6, 6.07) is 0.645. The molecule has 1 saturated heterocycles. The lowest BCUT2D eigenvalue weighted by molar-refractivity contribution is 0.0727. The maximum atomic E-state index is 10.1. The molecule has 2 unspecified atom stereocenters. The van der Waals surface area contributed by atoms with Crippen LogP contribution in [0.15, 0.2) is 4.42 Å². The van der Waals surface area contributed by atoms with E-state index in [0.717, 1.165) is 31.2 Å². The van der Waals surface area contributed by atoms with Gasteiger partial charge in [0.2, 0.25) is 0 Å². The molecule has 2 rings (SSSR count). The van der Waals surface area contributed by atoms with E-state index in [9.17, 15) is 5.11 Å². The number of piperidine rings is 1. The van der Waals surface area contributed by atoms with Crippen molar-refractivity contribution < 1.29 is 9.52 Å². The van der Waals surface area contributed by atoms with Crippen LogP contribution in [-0.4, -0.2) is 34.1 Å². The van der Waals surface area contributed by atoms with Crippen molar-refractivity contribution in [1.29, 1.82) is 0 Å². The zero-order valence-electron chi connectivity index (χ0n) is 12.7. The van der Waals surface area contributed by atoms with Gasteiger partial charge in [0.15, 0.2) is 5.89 Å². The van der Waals surface area contributed by atoms with Crippen LogP contribution in [0.1, 0.15) is 63.8 Å². The number of aliphatic hydroxyl groups is 1. The summed E-state index contributed by atoms with van der Waals surface area (Å²) in [5.74, 6) is 1.88. The number of likely N-dealkylation sites (N-methyl/N-ethyl adjacent to an activating group) is 1. The summed E-state index contributed by atoms with van der Waals surface area (Å²) in [7, 11) is 0. The largest absolute Gasteiger partial charge is 0.445 e. The Morgan fingerprint density at radius 2 is 2.11 bits per heavy atom. The SMILES string of the molecule is CCN1CC(c2nc(C(C)(C)O)c(C)o2)CCC1C. The lowest BCUT2D eigenvalue weighted by atomic mass is 9.93. The van der Waals surface area contributed by atoms with E-state index in [2.05, 4.69) is 23.7 Å². The van der Waals surface area contributed by atoms with Crippen LogP contribution < -0.4 is 0 Å². The van der Waals surface area contributed by atoms with Gasteiger partial charge in [-0.05, 0) is 47.1 Å². The molecule has 1 aliphatic heterocycles. The average Bonchev–Trinajstić information content (AvgIpc) is 2.72. The molecule has 0 aromatic carbocycles. The number of likely N-dealkylation sites (tertiary alicyclic amines) is 1. The normalized spacial score (nSPS) is 25.8. The van der Waals surface area contributed by atoms with E-state index in [-0.39, 0.29) is 0 Å². The van der Waals surface area contributed by atoms with Crippen molar-refractivity contribution in [2.45, 2.75) is 65.0 Å². The van der Waals surface area contributed by atoms with E-state index in [0.29, 0.717) is 17.7 Å². The van der Waals surface area contributed by atoms with Crippen molar-refractivity contribution in [3.63, 3.8) is 0 Å². The number of hydrogen-bond acceptors (Lipinski definition) is 4. The first-order chi connectivity index (χ1) is 8.82. The Labute approximate surface area is 115 Å². The fourth-order valence-corrected chi connectivity index (χ4v) is 2.98. The van der Waals surface area contributed by atoms with Gasteiger partial charge in [0, 0.05) is 18.5 Å². The summed E-state index contributed by atoms with van der Waals surface area (Å²) in [6.45, 7) is 11.9. The lowest BCUT2D eigenvalue weighted by Gasteiger charge is -2.36. The highest BCUT2D eigenvalue weighted by Gasteiger charge is 2.31. The first-order valence-corrected chi connectivity index (χ1v) is 7.27. The first-order valence-electron chi connectivity index (χ1n) is 7.27. The number of nitrogens with zero attached hydrogens (tertiary/aromatic N) is 2. The van der Waals surface area contributed by atoms with E-state index in [1.54, 1.807) is 13.8 Å². The number of aryl methyl sites for hydroxylation is 1. The predicted molar refractivity (Wildman–Crippen MR) is 75.2 cm³/mol. The maximum absolute atomic E-state index is 10.1. The van der Waals surface area contributed by atoms with E-state index in [1.165, 1.54) is 6.42 Å². The van der Waals surface area contributed by atoms with Crippen LogP contribution in [0.5, 0.6) is 0 Å². The Hall–Kier alpha value is -0.870. The standard InChI is InChI=1S/C15H26N2O2/c1-6-17-9-12(8-7-10(17)2)14-16-13(11(3)19-14)15(4,5)18/h10,12,18H,6-9H2,1-5H3. The predicted octanol–water partition coefficient (Wildman–Crippen LogP) is 2.80. The van der Waals surface area contributed by atoms with E-state index in [4.69, 9.17) is 4.42 Å². The lowest BCUT2D eigenvalue weighted by Crippen LogP contribution is -2.40. The molecule has 4 heteroatoms. The third-order valence-corrected chi connectivity index (χ3v) is 4.16. The second-order valence-corrected chi connectivity index (χ2v) is 6.23. The Balaban J connectivity index is 2.19. The Morgan fingerprint density at radius 3 is 2.63 bits per heavy atom. The monoisotopic (exact) mass is 266 g/mol. The van der Waals surface area contributed by atoms with E-state index >= 15 is 0 Å². The van der Waals surface area contributed by atoms with Crippen LogP contribution in [0, 0.1) is 6.92 Å². The molecule has 0 saturated carbocycles. The average molecular weight is 266 g/mol. The Morgan fingerprint density at radius 1 is 1.42 bits per heavy atom. The van der Waals surface area contributed by atoms with E-state index in [1.807, 2.05) is 6.92 Å². The van der Waals surface area contributed by atoms with Crippen molar-refractivity contribution in [2.75, 3.05) is 13.1 Å². The highest BCUT2D eigenvalue weighted by molar-refractivity contribution is 5.17. The molecule has 2 heterocycles. The van der Waals surface area contributed by atoms with Gasteiger partial charge >= 0.3 is 0 Å². The summed E-state index contributed by atoms with van der Waals surface area (Å²) in [5, 5.41) is 10.1. The molecule has 1 fully saturated rings. The fraction of sp³-hybridized carbons (Fsp3) is 0.800. The molecule has 1 N–H and O–H groups in total. The van der Waals surface area contributed by atoms with Gasteiger partial charge in [-0.1, -0.05) is 6.92 Å². The molecule has 0 spiro atoms. The summed E-state index contributed by atoms with van der Waals surface area (Å²) in [4.78, 5) is 7.02. The first kappa shape index (κ1) is 14.5. The molecule has 0 amide bonds. The van der Waals surface area contributed by atoms with Crippen molar-refractivity contribution in [1.82, 2.24) is 9.88 Å². The molecule has 2 atom stereocenters. The molecule has 108 valence electrons. The third kappa shape index (κ3) is 3.00. The van der Waals surface area contributed by atoms with Crippen LogP contribution in [0.3, 0.4) is 0 Å². The molecule has 4 nitrogen and oxygen atoms in total. The van der Waals surface area contributed by atoms with Gasteiger partial charge in [0.05, 0.1) is 0 Å². The number of rotatable bonds is 3. The number of hydrogen-bond donors (Lipinski definition) is 1. The minimum atomic E-state index is -0.932. The molecule has 0 bridgehead atoms. The second-order valence-electron chi connectivity index (χ2n) is 6.23. The molecule has 1 aromatic heterocycles. The van der Waals surface area contributed by atoms with Crippen LogP contribution in [0.2, 0.25) is 0 Å². The molecular formula is C15H26N2O2. The smallest absolute Gasteiger partial charge is 0.199 e. The third-order valence-electron chi connectivity index (χ3n) is 4.16. The minimum absolute atomic E-state index is 0.353. The fourth-order valence-electron chi connectivity index (χ4n) is 2.98. The number of oxazole rings is 1. The molecule has 0 aliphatic carbocycles. The van der Waals surface area contributed by atoms with Crippen LogP contribution >= 0.6 is 0 Å². The van der Waals surface area contributed by atoms with Gasteiger partial charge in [0.25, 0.3) is 0 Å². The van der Waals surface area contributed by atoms with Gasteiger partial charge in [-0.3, -0.25) is 0 Å². The van der Waals surface area contributed by atoms with Crippen LogP contribution in [-0.2, 0) is 5.60 Å². The molecule has 19 heavy (non-hydrogen) atoms. The van der Waals surface area contributed by atoms with Gasteiger partial charge in [0.1, 0.15) is 17.1 Å². The van der Waals surface area contributed by atoms with Gasteiger partial charge in [-0.2, -0.15) is 0 Å². The molecule has 0 radical (unpaired) electrons. The zero-order valence-corrected chi connectivity index (χ0v) is 12.7. The van der Waals surface area contributed by atoms with Crippen LogP contribution in [0.25, 0.3) is 0 Å². The summed E-state index contributed by atoms with van der Waals surface area (Å²) < 4.78 is 5.81. The summed E-state index contributed by atoms with van der Waals surface area (Å²) in [6.07, 6.45) is 2.29. The van der Waals surface area contributed by atoms with Gasteiger partial charge < -0.3 is 14.4 Å².